The van der Waals surface area contributed by atoms with E-state index in [9.17, 15) is 14.4 Å². The number of fused-ring (bicyclic) bond motifs is 1. The van der Waals surface area contributed by atoms with Crippen LogP contribution in [0.3, 0.4) is 0 Å². The number of hydrazone groups is 1. The Morgan fingerprint density at radius 2 is 1.62 bits per heavy atom. The number of aromatic nitrogens is 1. The maximum Gasteiger partial charge on any atom is 0.343 e. The highest BCUT2D eigenvalue weighted by molar-refractivity contribution is 6.10. The Morgan fingerprint density at radius 3 is 2.36 bits per heavy atom. The van der Waals surface area contributed by atoms with Gasteiger partial charge < -0.3 is 23.9 Å². The fraction of sp³-hybridized carbons (Fsp3) is 0.143. The summed E-state index contributed by atoms with van der Waals surface area (Å²) in [5, 5.41) is 5.12. The minimum Gasteiger partial charge on any atom is -0.493 e. The number of carbonyl (C=O) groups excluding carboxylic acids is 3. The number of nitrogens with zero attached hydrogens (tertiary/aromatic N) is 1. The molecule has 0 unspecified atom stereocenters. The van der Waals surface area contributed by atoms with Gasteiger partial charge in [-0.3, -0.25) is 9.59 Å². The van der Waals surface area contributed by atoms with Crippen LogP contribution in [0.2, 0.25) is 0 Å². The van der Waals surface area contributed by atoms with Crippen LogP contribution in [0, 0.1) is 6.92 Å². The first kappa shape index (κ1) is 30.6. The number of benzene rings is 4. The molecule has 0 saturated heterocycles. The summed E-state index contributed by atoms with van der Waals surface area (Å²) >= 11 is 0. The van der Waals surface area contributed by atoms with E-state index in [0.29, 0.717) is 23.6 Å². The number of methoxy groups -OCH3 is 1. The lowest BCUT2D eigenvalue weighted by molar-refractivity contribution is -0.132. The molecule has 4 aromatic carbocycles. The molecule has 10 heteroatoms. The van der Waals surface area contributed by atoms with Crippen LogP contribution in [-0.2, 0) is 4.79 Å². The number of hydrogen-bond donors (Lipinski definition) is 2. The Balaban J connectivity index is 1.34. The number of carbonyl (C=O) groups is 3. The number of hydrogen-bond acceptors (Lipinski definition) is 8. The summed E-state index contributed by atoms with van der Waals surface area (Å²) in [6, 6.07) is 24.9. The van der Waals surface area contributed by atoms with Crippen molar-refractivity contribution in [1.82, 2.24) is 10.4 Å². The van der Waals surface area contributed by atoms with Crippen molar-refractivity contribution < 1.29 is 33.3 Å². The lowest BCUT2D eigenvalue weighted by Crippen LogP contribution is -2.18. The average Bonchev–Trinajstić information content (AvgIpc) is 3.41. The molecule has 1 amide bonds. The van der Waals surface area contributed by atoms with Crippen LogP contribution in [0.25, 0.3) is 22.0 Å². The van der Waals surface area contributed by atoms with Gasteiger partial charge in [-0.05, 0) is 73.5 Å². The standard InChI is InChI=1S/C35H31N3O7/c1-5-43-31-18-23(12-15-29(31)45-35(41)25-13-16-28(44-22(3)39)30(19-25)42-4)20-36-38-34(40)33-32(24-9-7-6-8-10-24)26-17-21(2)11-14-27(26)37-33/h6-20,37H,5H2,1-4H3,(H,38,40). The highest BCUT2D eigenvalue weighted by Crippen LogP contribution is 2.34. The van der Waals surface area contributed by atoms with Crippen LogP contribution in [0.5, 0.6) is 23.0 Å². The topological polar surface area (TPSA) is 128 Å². The number of amides is 1. The third-order valence-electron chi connectivity index (χ3n) is 6.75. The van der Waals surface area contributed by atoms with Crippen molar-refractivity contribution in [2.24, 2.45) is 5.10 Å². The van der Waals surface area contributed by atoms with Crippen LogP contribution < -0.4 is 24.4 Å². The molecule has 1 heterocycles. The van der Waals surface area contributed by atoms with Gasteiger partial charge in [0.05, 0.1) is 25.5 Å². The smallest absolute Gasteiger partial charge is 0.343 e. The van der Waals surface area contributed by atoms with E-state index in [1.54, 1.807) is 25.1 Å². The molecule has 0 saturated carbocycles. The van der Waals surface area contributed by atoms with Gasteiger partial charge in [0.15, 0.2) is 23.0 Å². The Bertz CT molecular complexity index is 1910. The Hall–Kier alpha value is -5.90. The van der Waals surface area contributed by atoms with E-state index in [-0.39, 0.29) is 22.8 Å². The van der Waals surface area contributed by atoms with Gasteiger partial charge in [0.1, 0.15) is 5.69 Å². The first-order valence-electron chi connectivity index (χ1n) is 14.1. The van der Waals surface area contributed by atoms with Crippen LogP contribution in [0.4, 0.5) is 0 Å². The van der Waals surface area contributed by atoms with Crippen molar-refractivity contribution in [2.75, 3.05) is 13.7 Å². The Morgan fingerprint density at radius 1 is 0.867 bits per heavy atom. The zero-order valence-corrected chi connectivity index (χ0v) is 25.2. The van der Waals surface area contributed by atoms with E-state index in [0.717, 1.165) is 27.6 Å². The number of aryl methyl sites for hydroxylation is 1. The van der Waals surface area contributed by atoms with Gasteiger partial charge in [-0.1, -0.05) is 42.0 Å². The minimum atomic E-state index is -0.667. The van der Waals surface area contributed by atoms with Crippen molar-refractivity contribution in [3.63, 3.8) is 0 Å². The van der Waals surface area contributed by atoms with Gasteiger partial charge >= 0.3 is 11.9 Å². The minimum absolute atomic E-state index is 0.181. The third kappa shape index (κ3) is 7.02. The highest BCUT2D eigenvalue weighted by atomic mass is 16.6. The average molecular weight is 606 g/mol. The quantitative estimate of drug-likeness (QED) is 0.0809. The molecule has 0 bridgehead atoms. The van der Waals surface area contributed by atoms with Gasteiger partial charge in [-0.25, -0.2) is 10.2 Å². The van der Waals surface area contributed by atoms with E-state index in [4.69, 9.17) is 18.9 Å². The van der Waals surface area contributed by atoms with E-state index >= 15 is 0 Å². The predicted molar refractivity (Wildman–Crippen MR) is 170 cm³/mol. The summed E-state index contributed by atoms with van der Waals surface area (Å²) in [5.74, 6) is -0.698. The molecule has 10 nitrogen and oxygen atoms in total. The number of rotatable bonds is 10. The molecule has 2 N–H and O–H groups in total. The maximum absolute atomic E-state index is 13.3. The van der Waals surface area contributed by atoms with Crippen LogP contribution in [0.15, 0.2) is 90.0 Å². The molecule has 0 aliphatic heterocycles. The van der Waals surface area contributed by atoms with E-state index in [1.807, 2.05) is 55.5 Å². The first-order chi connectivity index (χ1) is 21.8. The summed E-state index contributed by atoms with van der Waals surface area (Å²) < 4.78 is 21.7. The van der Waals surface area contributed by atoms with Gasteiger partial charge in [0.25, 0.3) is 5.91 Å². The first-order valence-corrected chi connectivity index (χ1v) is 14.1. The van der Waals surface area contributed by atoms with E-state index in [2.05, 4.69) is 15.5 Å². The van der Waals surface area contributed by atoms with Gasteiger partial charge in [-0.15, -0.1) is 0 Å². The lowest BCUT2D eigenvalue weighted by Gasteiger charge is -2.13. The molecule has 0 radical (unpaired) electrons. The monoisotopic (exact) mass is 605 g/mol. The van der Waals surface area contributed by atoms with Crippen molar-refractivity contribution >= 4 is 35.0 Å². The summed E-state index contributed by atoms with van der Waals surface area (Å²) in [6.07, 6.45) is 1.47. The van der Waals surface area contributed by atoms with Crippen LogP contribution in [0.1, 0.15) is 45.8 Å². The Labute approximate surface area is 259 Å². The van der Waals surface area contributed by atoms with Gasteiger partial charge in [-0.2, -0.15) is 5.10 Å². The number of aromatic amines is 1. The second kappa shape index (κ2) is 13.6. The SMILES string of the molecule is CCOc1cc(C=NNC(=O)c2[nH]c3ccc(C)cc3c2-c2ccccc2)ccc1OC(=O)c1ccc(OC(C)=O)c(OC)c1. The largest absolute Gasteiger partial charge is 0.493 e. The summed E-state index contributed by atoms with van der Waals surface area (Å²) in [6.45, 7) is 5.40. The molecule has 0 spiro atoms. The highest BCUT2D eigenvalue weighted by Gasteiger charge is 2.20. The number of esters is 2. The molecule has 0 atom stereocenters. The predicted octanol–water partition coefficient (Wildman–Crippen LogP) is 6.46. The lowest BCUT2D eigenvalue weighted by atomic mass is 10.0. The number of nitrogens with one attached hydrogen (secondary N) is 2. The summed E-state index contributed by atoms with van der Waals surface area (Å²) in [5.41, 5.74) is 7.42. The molecule has 1 aromatic heterocycles. The van der Waals surface area contributed by atoms with Gasteiger partial charge in [0, 0.05) is 23.4 Å². The van der Waals surface area contributed by atoms with Crippen molar-refractivity contribution in [3.05, 3.63) is 107 Å². The van der Waals surface area contributed by atoms with Gasteiger partial charge in [0.2, 0.25) is 0 Å². The van der Waals surface area contributed by atoms with Crippen LogP contribution in [-0.4, -0.2) is 42.8 Å². The molecule has 0 aliphatic carbocycles. The molecule has 45 heavy (non-hydrogen) atoms. The second-order valence-corrected chi connectivity index (χ2v) is 9.98. The van der Waals surface area contributed by atoms with Crippen LogP contribution >= 0.6 is 0 Å². The fourth-order valence-electron chi connectivity index (χ4n) is 4.75. The molecule has 0 fully saturated rings. The molecule has 228 valence electrons. The zero-order chi connectivity index (χ0) is 31.9. The number of H-pyrrole nitrogens is 1. The Kier molecular flexibility index (Phi) is 9.23. The molecular weight excluding hydrogens is 574 g/mol. The second-order valence-electron chi connectivity index (χ2n) is 9.98. The third-order valence-corrected chi connectivity index (χ3v) is 6.75. The van der Waals surface area contributed by atoms with E-state index < -0.39 is 17.8 Å². The molecule has 0 aliphatic rings. The molecular formula is C35H31N3O7. The van der Waals surface area contributed by atoms with Crippen molar-refractivity contribution in [3.8, 4) is 34.1 Å². The maximum atomic E-state index is 13.3. The van der Waals surface area contributed by atoms with E-state index in [1.165, 1.54) is 38.4 Å². The zero-order valence-electron chi connectivity index (χ0n) is 25.2. The summed E-state index contributed by atoms with van der Waals surface area (Å²) in [4.78, 5) is 40.8. The molecule has 5 aromatic rings. The molecule has 5 rings (SSSR count). The number of ether oxygens (including phenoxy) is 4. The van der Waals surface area contributed by atoms with Crippen molar-refractivity contribution in [2.45, 2.75) is 20.8 Å². The van der Waals surface area contributed by atoms with Crippen molar-refractivity contribution in [1.29, 1.82) is 0 Å². The summed E-state index contributed by atoms with van der Waals surface area (Å²) in [7, 11) is 1.40. The normalized spacial score (nSPS) is 10.9. The fourth-order valence-corrected chi connectivity index (χ4v) is 4.75.